The number of benzene rings is 2. The summed E-state index contributed by atoms with van der Waals surface area (Å²) < 4.78 is 5.34. The molecule has 0 heterocycles. The Kier molecular flexibility index (Phi) is 9.11. The van der Waals surface area contributed by atoms with Gasteiger partial charge in [-0.1, -0.05) is 36.4 Å². The van der Waals surface area contributed by atoms with Gasteiger partial charge in [-0.2, -0.15) is 0 Å². The largest absolute Gasteiger partial charge is 0.508 e. The number of carboxylic acids is 1. The summed E-state index contributed by atoms with van der Waals surface area (Å²) in [6.45, 7) is 2.60. The van der Waals surface area contributed by atoms with Gasteiger partial charge in [0.15, 0.2) is 0 Å². The van der Waals surface area contributed by atoms with Gasteiger partial charge in [0.2, 0.25) is 0 Å². The number of ether oxygens (including phenoxy) is 1. The van der Waals surface area contributed by atoms with Crippen molar-refractivity contribution in [3.63, 3.8) is 0 Å². The Morgan fingerprint density at radius 3 is 2.23 bits per heavy atom. The molecule has 8 nitrogen and oxygen atoms in total. The molecule has 4 N–H and O–H groups in total. The van der Waals surface area contributed by atoms with Crippen molar-refractivity contribution >= 4 is 11.9 Å². The first-order valence-corrected chi connectivity index (χ1v) is 9.73. The molecule has 8 heteroatoms. The number of rotatable bonds is 12. The number of hydrogen-bond acceptors (Lipinski definition) is 7. The number of hydrogen-bond donors (Lipinski definition) is 4. The molecule has 0 aliphatic heterocycles. The van der Waals surface area contributed by atoms with Gasteiger partial charge < -0.3 is 25.4 Å². The molecular formula is C22H28N2O6. The van der Waals surface area contributed by atoms with Crippen LogP contribution in [0, 0.1) is 0 Å². The van der Waals surface area contributed by atoms with Gasteiger partial charge in [-0.15, -0.1) is 0 Å². The number of aromatic hydroxyl groups is 2. The first-order chi connectivity index (χ1) is 14.3. The van der Waals surface area contributed by atoms with E-state index in [1.807, 2.05) is 6.07 Å². The topological polar surface area (TPSA) is 119 Å². The third-order valence-corrected chi connectivity index (χ3v) is 4.45. The van der Waals surface area contributed by atoms with Gasteiger partial charge in [0.25, 0.3) is 0 Å². The van der Waals surface area contributed by atoms with Crippen molar-refractivity contribution < 1.29 is 29.6 Å². The molecule has 2 rings (SSSR count). The van der Waals surface area contributed by atoms with Crippen LogP contribution in [-0.4, -0.2) is 64.4 Å². The maximum absolute atomic E-state index is 12.0. The van der Waals surface area contributed by atoms with Crippen LogP contribution in [0.15, 0.2) is 48.5 Å². The first kappa shape index (κ1) is 23.2. The minimum Gasteiger partial charge on any atom is -0.508 e. The Morgan fingerprint density at radius 1 is 1.03 bits per heavy atom. The van der Waals surface area contributed by atoms with Crippen LogP contribution in [-0.2, 0) is 27.3 Å². The van der Waals surface area contributed by atoms with Gasteiger partial charge in [-0.3, -0.25) is 14.5 Å². The van der Waals surface area contributed by atoms with Crippen molar-refractivity contribution in [2.24, 2.45) is 0 Å². The Bertz CT molecular complexity index is 842. The highest BCUT2D eigenvalue weighted by molar-refractivity contribution is 5.71. The highest BCUT2D eigenvalue weighted by Crippen LogP contribution is 2.18. The second-order valence-electron chi connectivity index (χ2n) is 7.04. The summed E-state index contributed by atoms with van der Waals surface area (Å²) in [5.74, 6) is -1.12. The lowest BCUT2D eigenvalue weighted by atomic mass is 10.1. The number of esters is 1. The van der Waals surface area contributed by atoms with Gasteiger partial charge in [0.05, 0.1) is 13.1 Å². The third-order valence-electron chi connectivity index (χ3n) is 4.45. The molecule has 0 aliphatic rings. The summed E-state index contributed by atoms with van der Waals surface area (Å²) >= 11 is 0. The maximum atomic E-state index is 12.0. The lowest BCUT2D eigenvalue weighted by Crippen LogP contribution is -2.37. The number of carbonyl (C=O) groups is 2. The van der Waals surface area contributed by atoms with Crippen molar-refractivity contribution in [2.75, 3.05) is 26.2 Å². The van der Waals surface area contributed by atoms with E-state index in [-0.39, 0.29) is 31.1 Å². The molecule has 0 aromatic heterocycles. The zero-order valence-corrected chi connectivity index (χ0v) is 17.0. The lowest BCUT2D eigenvalue weighted by Gasteiger charge is -2.21. The second kappa shape index (κ2) is 11.8. The molecule has 0 amide bonds. The van der Waals surface area contributed by atoms with Crippen LogP contribution in [0.1, 0.15) is 18.1 Å². The Balaban J connectivity index is 1.74. The molecule has 0 bridgehead atoms. The molecule has 1 unspecified atom stereocenters. The molecule has 0 fully saturated rings. The van der Waals surface area contributed by atoms with Crippen molar-refractivity contribution in [1.29, 1.82) is 0 Å². The van der Waals surface area contributed by atoms with E-state index in [9.17, 15) is 19.8 Å². The zero-order valence-electron chi connectivity index (χ0n) is 17.0. The molecule has 0 radical (unpaired) electrons. The number of carboxylic acid groups (broad SMARTS) is 1. The average Bonchev–Trinajstić information content (AvgIpc) is 2.68. The SMILES string of the molecule is CC(Cc1ccccc1O)OC(=O)CNCCN(CC(=O)O)Cc1ccccc1O. The van der Waals surface area contributed by atoms with Gasteiger partial charge in [0, 0.05) is 31.6 Å². The monoisotopic (exact) mass is 416 g/mol. The number of carbonyl (C=O) groups excluding carboxylic acids is 1. The Morgan fingerprint density at radius 2 is 1.63 bits per heavy atom. The van der Waals surface area contributed by atoms with Gasteiger partial charge in [-0.25, -0.2) is 0 Å². The number of nitrogens with zero attached hydrogens (tertiary/aromatic N) is 1. The molecular weight excluding hydrogens is 388 g/mol. The fourth-order valence-corrected chi connectivity index (χ4v) is 3.02. The van der Waals surface area contributed by atoms with Crippen LogP contribution in [0.4, 0.5) is 0 Å². The second-order valence-corrected chi connectivity index (χ2v) is 7.04. The Hall–Kier alpha value is -3.10. The zero-order chi connectivity index (χ0) is 21.9. The lowest BCUT2D eigenvalue weighted by molar-refractivity contribution is -0.147. The number of aliphatic carboxylic acids is 1. The van der Waals surface area contributed by atoms with E-state index >= 15 is 0 Å². The molecule has 2 aromatic rings. The van der Waals surface area contributed by atoms with Crippen molar-refractivity contribution in [2.45, 2.75) is 26.0 Å². The van der Waals surface area contributed by atoms with Crippen molar-refractivity contribution in [3.05, 3.63) is 59.7 Å². The number of phenolic OH excluding ortho intramolecular Hbond substituents is 2. The number of phenols is 2. The van der Waals surface area contributed by atoms with Gasteiger partial charge in [0.1, 0.15) is 17.6 Å². The van der Waals surface area contributed by atoms with Crippen LogP contribution in [0.5, 0.6) is 11.5 Å². The quantitative estimate of drug-likeness (QED) is 0.305. The van der Waals surface area contributed by atoms with Gasteiger partial charge in [-0.05, 0) is 24.6 Å². The van der Waals surface area contributed by atoms with Crippen molar-refractivity contribution in [1.82, 2.24) is 10.2 Å². The summed E-state index contributed by atoms with van der Waals surface area (Å²) in [7, 11) is 0. The summed E-state index contributed by atoms with van der Waals surface area (Å²) in [5.41, 5.74) is 1.34. The molecule has 1 atom stereocenters. The molecule has 0 aliphatic carbocycles. The van der Waals surface area contributed by atoms with Crippen LogP contribution < -0.4 is 5.32 Å². The van der Waals surface area contributed by atoms with Gasteiger partial charge >= 0.3 is 11.9 Å². The maximum Gasteiger partial charge on any atom is 0.320 e. The van der Waals surface area contributed by atoms with E-state index in [2.05, 4.69) is 5.32 Å². The van der Waals surface area contributed by atoms with E-state index in [1.165, 1.54) is 0 Å². The summed E-state index contributed by atoms with van der Waals surface area (Å²) in [4.78, 5) is 24.8. The van der Waals surface area contributed by atoms with E-state index in [0.29, 0.717) is 30.6 Å². The summed E-state index contributed by atoms with van der Waals surface area (Å²) in [6.07, 6.45) is 0.0166. The average molecular weight is 416 g/mol. The smallest absolute Gasteiger partial charge is 0.320 e. The third kappa shape index (κ3) is 8.10. The standard InChI is InChI=1S/C22H28N2O6/c1-16(12-17-6-2-4-8-19(17)25)30-22(29)13-23-10-11-24(15-21(27)28)14-18-7-3-5-9-20(18)26/h2-9,16,23,25-26H,10-15H2,1H3,(H,27,28). The Labute approximate surface area is 175 Å². The first-order valence-electron chi connectivity index (χ1n) is 9.73. The molecule has 30 heavy (non-hydrogen) atoms. The van der Waals surface area contributed by atoms with E-state index in [1.54, 1.807) is 54.3 Å². The molecule has 0 spiro atoms. The molecule has 0 saturated heterocycles. The molecule has 162 valence electrons. The highest BCUT2D eigenvalue weighted by Gasteiger charge is 2.14. The van der Waals surface area contributed by atoms with Crippen LogP contribution in [0.3, 0.4) is 0 Å². The van der Waals surface area contributed by atoms with Crippen LogP contribution >= 0.6 is 0 Å². The minimum absolute atomic E-state index is 0.0113. The summed E-state index contributed by atoms with van der Waals surface area (Å²) in [5, 5.41) is 31.7. The molecule has 0 saturated carbocycles. The van der Waals surface area contributed by atoms with E-state index in [0.717, 1.165) is 0 Å². The minimum atomic E-state index is -0.970. The number of nitrogens with one attached hydrogen (secondary N) is 1. The van der Waals surface area contributed by atoms with Crippen LogP contribution in [0.25, 0.3) is 0 Å². The van der Waals surface area contributed by atoms with E-state index < -0.39 is 18.0 Å². The van der Waals surface area contributed by atoms with E-state index in [4.69, 9.17) is 9.84 Å². The van der Waals surface area contributed by atoms with Crippen LogP contribution in [0.2, 0.25) is 0 Å². The normalized spacial score (nSPS) is 11.9. The fourth-order valence-electron chi connectivity index (χ4n) is 3.02. The predicted octanol–water partition coefficient (Wildman–Crippen LogP) is 1.75. The highest BCUT2D eigenvalue weighted by atomic mass is 16.5. The van der Waals surface area contributed by atoms with Crippen molar-refractivity contribution in [3.8, 4) is 11.5 Å². The number of para-hydroxylation sites is 2. The molecule has 2 aromatic carbocycles. The fraction of sp³-hybridized carbons (Fsp3) is 0.364. The predicted molar refractivity (Wildman–Crippen MR) is 111 cm³/mol. The summed E-state index contributed by atoms with van der Waals surface area (Å²) in [6, 6.07) is 13.7.